The smallest absolute Gasteiger partial charge is 0.309 e. The molecule has 1 aromatic heterocycles. The van der Waals surface area contributed by atoms with E-state index in [1.807, 2.05) is 25.7 Å². The maximum atomic E-state index is 13.8. The molecule has 3 fully saturated rings. The number of fused-ring (bicyclic) bond motifs is 3. The molecule has 2 atom stereocenters. The Balaban J connectivity index is 1.55. The van der Waals surface area contributed by atoms with Crippen LogP contribution in [0.2, 0.25) is 0 Å². The summed E-state index contributed by atoms with van der Waals surface area (Å²) in [4.78, 5) is 30.1. The number of hydrogen-bond donors (Lipinski definition) is 2. The molecule has 2 bridgehead atoms. The fourth-order valence-corrected chi connectivity index (χ4v) is 5.49. The molecule has 0 radical (unpaired) electrons. The van der Waals surface area contributed by atoms with Gasteiger partial charge in [-0.2, -0.15) is 0 Å². The Hall–Kier alpha value is -2.37. The zero-order valence-electron chi connectivity index (χ0n) is 16.6. The van der Waals surface area contributed by atoms with Gasteiger partial charge in [0.05, 0.1) is 5.41 Å². The van der Waals surface area contributed by atoms with E-state index in [2.05, 4.69) is 4.98 Å². The molecule has 6 heteroatoms. The molecule has 5 nitrogen and oxygen atoms in total. The van der Waals surface area contributed by atoms with E-state index < -0.39 is 11.4 Å². The molecule has 2 aliphatic heterocycles. The number of benzene rings is 1. The number of aromatic nitrogens is 1. The van der Waals surface area contributed by atoms with Gasteiger partial charge in [0.15, 0.2) is 0 Å². The number of carboxylic acids is 1. The second kappa shape index (κ2) is 6.61. The number of aryl methyl sites for hydroxylation is 1. The van der Waals surface area contributed by atoms with Crippen molar-refractivity contribution in [2.24, 2.45) is 5.41 Å². The minimum Gasteiger partial charge on any atom is -0.481 e. The number of aromatic amines is 1. The summed E-state index contributed by atoms with van der Waals surface area (Å²) in [5, 5.41) is 10.4. The van der Waals surface area contributed by atoms with Gasteiger partial charge in [-0.15, -0.1) is 0 Å². The second-order valence-corrected chi connectivity index (χ2v) is 8.67. The highest BCUT2D eigenvalue weighted by Crippen LogP contribution is 2.54. The van der Waals surface area contributed by atoms with Crippen LogP contribution in [0.15, 0.2) is 18.2 Å². The number of halogens is 1. The van der Waals surface area contributed by atoms with Crippen LogP contribution in [0.5, 0.6) is 0 Å². The molecule has 1 saturated carbocycles. The van der Waals surface area contributed by atoms with E-state index in [0.29, 0.717) is 25.7 Å². The van der Waals surface area contributed by atoms with Crippen LogP contribution in [0, 0.1) is 18.2 Å². The van der Waals surface area contributed by atoms with Gasteiger partial charge >= 0.3 is 5.97 Å². The number of nitrogens with one attached hydrogen (secondary N) is 1. The number of H-pyrrole nitrogens is 1. The third-order valence-corrected chi connectivity index (χ3v) is 6.85. The minimum absolute atomic E-state index is 0.00943. The van der Waals surface area contributed by atoms with Gasteiger partial charge in [-0.05, 0) is 62.3 Å². The number of rotatable bonds is 5. The van der Waals surface area contributed by atoms with E-state index in [1.54, 1.807) is 6.07 Å². The van der Waals surface area contributed by atoms with Crippen LogP contribution in [0.1, 0.15) is 63.1 Å². The third-order valence-electron chi connectivity index (χ3n) is 6.85. The van der Waals surface area contributed by atoms with Crippen molar-refractivity contribution in [3.05, 3.63) is 35.3 Å². The summed E-state index contributed by atoms with van der Waals surface area (Å²) in [5.74, 6) is -0.980. The van der Waals surface area contributed by atoms with Crippen molar-refractivity contribution >= 4 is 22.8 Å². The first-order chi connectivity index (χ1) is 13.3. The van der Waals surface area contributed by atoms with Crippen LogP contribution in [-0.4, -0.2) is 39.0 Å². The summed E-state index contributed by atoms with van der Waals surface area (Å²) in [6.07, 6.45) is 2.79. The van der Waals surface area contributed by atoms with E-state index in [0.717, 1.165) is 28.6 Å². The van der Waals surface area contributed by atoms with Gasteiger partial charge in [0.25, 0.3) is 0 Å². The van der Waals surface area contributed by atoms with Crippen LogP contribution in [0.25, 0.3) is 10.9 Å². The Morgan fingerprint density at radius 2 is 2.07 bits per heavy atom. The van der Waals surface area contributed by atoms with Crippen molar-refractivity contribution in [2.45, 2.75) is 70.9 Å². The highest BCUT2D eigenvalue weighted by atomic mass is 19.1. The van der Waals surface area contributed by atoms with Crippen LogP contribution < -0.4 is 0 Å². The van der Waals surface area contributed by atoms with Crippen molar-refractivity contribution in [2.75, 3.05) is 0 Å². The first-order valence-corrected chi connectivity index (χ1v) is 10.1. The molecule has 150 valence electrons. The maximum Gasteiger partial charge on any atom is 0.309 e. The minimum atomic E-state index is -0.723. The summed E-state index contributed by atoms with van der Waals surface area (Å²) in [6, 6.07) is 4.72. The highest BCUT2D eigenvalue weighted by molar-refractivity contribution is 5.87. The van der Waals surface area contributed by atoms with Crippen molar-refractivity contribution in [1.82, 2.24) is 9.88 Å². The van der Waals surface area contributed by atoms with E-state index >= 15 is 0 Å². The van der Waals surface area contributed by atoms with E-state index in [4.69, 9.17) is 0 Å². The molecular weight excluding hydrogens is 359 g/mol. The third kappa shape index (κ3) is 2.81. The zero-order valence-corrected chi connectivity index (χ0v) is 16.6. The quantitative estimate of drug-likeness (QED) is 0.802. The van der Waals surface area contributed by atoms with Gasteiger partial charge in [-0.1, -0.05) is 13.8 Å². The molecule has 0 spiro atoms. The normalized spacial score (nSPS) is 27.5. The monoisotopic (exact) mass is 386 g/mol. The van der Waals surface area contributed by atoms with Gasteiger partial charge in [-0.25, -0.2) is 4.39 Å². The van der Waals surface area contributed by atoms with Crippen molar-refractivity contribution < 1.29 is 19.1 Å². The lowest BCUT2D eigenvalue weighted by Crippen LogP contribution is -2.66. The molecule has 2 N–H and O–H groups in total. The Morgan fingerprint density at radius 3 is 2.71 bits per heavy atom. The lowest BCUT2D eigenvalue weighted by molar-refractivity contribution is -0.181. The number of hydrogen-bond acceptors (Lipinski definition) is 2. The molecule has 5 rings (SSSR count). The number of piperidine rings is 2. The molecule has 2 saturated heterocycles. The number of carbonyl (C=O) groups is 2. The highest BCUT2D eigenvalue weighted by Gasteiger charge is 2.59. The first kappa shape index (κ1) is 19.0. The topological polar surface area (TPSA) is 73.4 Å². The largest absolute Gasteiger partial charge is 0.481 e. The van der Waals surface area contributed by atoms with Crippen LogP contribution in [0.4, 0.5) is 4.39 Å². The molecule has 2 unspecified atom stereocenters. The fourth-order valence-electron chi connectivity index (χ4n) is 5.49. The number of nitrogens with zero attached hydrogens (tertiary/aromatic N) is 1. The number of carboxylic acid groups (broad SMARTS) is 1. The van der Waals surface area contributed by atoms with Crippen molar-refractivity contribution in [3.63, 3.8) is 0 Å². The van der Waals surface area contributed by atoms with Gasteiger partial charge in [-0.3, -0.25) is 9.59 Å². The standard InChI is InChI=1S/C22H27FN2O3/c1-4-15-9-22(21(27)28)10-16(11-22)25(15)19(26)7-12(2)20-13(3)24-18-6-5-14(23)8-17(18)20/h5-6,8,12,15-16,24H,4,7,9-11H2,1-3H3,(H,27,28). The summed E-state index contributed by atoms with van der Waals surface area (Å²) < 4.78 is 13.8. The molecule has 3 aliphatic rings. The summed E-state index contributed by atoms with van der Waals surface area (Å²) in [7, 11) is 0. The van der Waals surface area contributed by atoms with Crippen LogP contribution in [0.3, 0.4) is 0 Å². The van der Waals surface area contributed by atoms with E-state index in [-0.39, 0.29) is 29.7 Å². The van der Waals surface area contributed by atoms with Gasteiger partial charge in [0.1, 0.15) is 5.82 Å². The second-order valence-electron chi connectivity index (χ2n) is 8.67. The molecule has 1 aliphatic carbocycles. The van der Waals surface area contributed by atoms with Gasteiger partial charge in [0.2, 0.25) is 5.91 Å². The molecule has 2 aromatic rings. The van der Waals surface area contributed by atoms with Gasteiger partial charge in [0, 0.05) is 35.1 Å². The molecular formula is C22H27FN2O3. The lowest BCUT2D eigenvalue weighted by atomic mass is 9.57. The zero-order chi connectivity index (χ0) is 20.2. The van der Waals surface area contributed by atoms with Gasteiger partial charge < -0.3 is 15.0 Å². The molecule has 28 heavy (non-hydrogen) atoms. The Bertz CT molecular complexity index is 945. The number of amides is 1. The van der Waals surface area contributed by atoms with Crippen LogP contribution in [-0.2, 0) is 9.59 Å². The first-order valence-electron chi connectivity index (χ1n) is 10.1. The van der Waals surface area contributed by atoms with Crippen molar-refractivity contribution in [1.29, 1.82) is 0 Å². The average molecular weight is 386 g/mol. The van der Waals surface area contributed by atoms with E-state index in [9.17, 15) is 19.1 Å². The lowest BCUT2D eigenvalue weighted by Gasteiger charge is -2.58. The predicted octanol–water partition coefficient (Wildman–Crippen LogP) is 4.35. The van der Waals surface area contributed by atoms with E-state index in [1.165, 1.54) is 12.1 Å². The predicted molar refractivity (Wildman–Crippen MR) is 105 cm³/mol. The van der Waals surface area contributed by atoms with Crippen molar-refractivity contribution in [3.8, 4) is 0 Å². The molecule has 1 amide bonds. The Kier molecular flexibility index (Phi) is 4.47. The Labute approximate surface area is 163 Å². The van der Waals surface area contributed by atoms with Crippen LogP contribution >= 0.6 is 0 Å². The SMILES string of the molecule is CCC1CC2(C(=O)O)CC(C2)N1C(=O)CC(C)c1c(C)[nH]c2ccc(F)cc12. The molecule has 3 heterocycles. The summed E-state index contributed by atoms with van der Waals surface area (Å²) >= 11 is 0. The number of aliphatic carboxylic acids is 1. The molecule has 1 aromatic carbocycles. The summed E-state index contributed by atoms with van der Waals surface area (Å²) in [6.45, 7) is 5.98. The Morgan fingerprint density at radius 1 is 1.36 bits per heavy atom. The average Bonchev–Trinajstić information content (AvgIpc) is 2.94. The summed E-state index contributed by atoms with van der Waals surface area (Å²) in [5.41, 5.74) is 2.20. The number of carbonyl (C=O) groups excluding carboxylic acids is 1. The maximum absolute atomic E-state index is 13.8. The fraction of sp³-hybridized carbons (Fsp3) is 0.545.